The van der Waals surface area contributed by atoms with Crippen molar-refractivity contribution >= 4 is 5.91 Å². The van der Waals surface area contributed by atoms with Crippen LogP contribution in [0.5, 0.6) is 0 Å². The van der Waals surface area contributed by atoms with Crippen molar-refractivity contribution in [2.75, 3.05) is 46.4 Å². The number of carbonyl (C=O) groups is 1. The number of ether oxygens (including phenoxy) is 1. The highest BCUT2D eigenvalue weighted by Gasteiger charge is 2.40. The van der Waals surface area contributed by atoms with Gasteiger partial charge in [0.25, 0.3) is 0 Å². The second-order valence-corrected chi connectivity index (χ2v) is 4.96. The third kappa shape index (κ3) is 2.16. The molecule has 15 heavy (non-hydrogen) atoms. The van der Waals surface area contributed by atoms with E-state index >= 15 is 0 Å². The van der Waals surface area contributed by atoms with E-state index in [0.717, 1.165) is 39.2 Å². The van der Waals surface area contributed by atoms with Crippen LogP contribution in [0.4, 0.5) is 0 Å². The van der Waals surface area contributed by atoms with Crippen LogP contribution in [-0.2, 0) is 9.53 Å². The summed E-state index contributed by atoms with van der Waals surface area (Å²) in [6, 6.07) is 0. The first-order chi connectivity index (χ1) is 7.12. The molecule has 2 saturated heterocycles. The summed E-state index contributed by atoms with van der Waals surface area (Å²) >= 11 is 0. The van der Waals surface area contributed by atoms with E-state index in [9.17, 15) is 4.79 Å². The van der Waals surface area contributed by atoms with Crippen LogP contribution >= 0.6 is 0 Å². The summed E-state index contributed by atoms with van der Waals surface area (Å²) in [4.78, 5) is 16.5. The summed E-state index contributed by atoms with van der Waals surface area (Å²) in [5, 5.41) is 0. The van der Waals surface area contributed by atoms with E-state index in [1.54, 1.807) is 0 Å². The molecule has 0 saturated carbocycles. The maximum absolute atomic E-state index is 12.3. The van der Waals surface area contributed by atoms with Crippen LogP contribution in [0.15, 0.2) is 0 Å². The highest BCUT2D eigenvalue weighted by Crippen LogP contribution is 2.30. The molecule has 1 atom stereocenters. The minimum Gasteiger partial charge on any atom is -0.380 e. The van der Waals surface area contributed by atoms with Gasteiger partial charge in [-0.2, -0.15) is 0 Å². The topological polar surface area (TPSA) is 32.8 Å². The van der Waals surface area contributed by atoms with Crippen LogP contribution in [0.2, 0.25) is 0 Å². The second kappa shape index (κ2) is 4.10. The molecule has 0 aromatic rings. The third-order valence-corrected chi connectivity index (χ3v) is 3.53. The van der Waals surface area contributed by atoms with Crippen molar-refractivity contribution in [3.8, 4) is 0 Å². The Kier molecular flexibility index (Phi) is 2.98. The fraction of sp³-hybridized carbons (Fsp3) is 0.909. The Morgan fingerprint density at radius 1 is 1.27 bits per heavy atom. The number of nitrogens with zero attached hydrogens (tertiary/aromatic N) is 2. The van der Waals surface area contributed by atoms with Crippen LogP contribution < -0.4 is 0 Å². The van der Waals surface area contributed by atoms with E-state index in [-0.39, 0.29) is 11.3 Å². The molecular formula is C11H20N2O2. The van der Waals surface area contributed by atoms with Gasteiger partial charge in [0.15, 0.2) is 0 Å². The molecule has 4 heteroatoms. The Morgan fingerprint density at radius 3 is 2.47 bits per heavy atom. The van der Waals surface area contributed by atoms with Crippen LogP contribution in [0, 0.1) is 5.41 Å². The van der Waals surface area contributed by atoms with Crippen molar-refractivity contribution < 1.29 is 9.53 Å². The summed E-state index contributed by atoms with van der Waals surface area (Å²) in [7, 11) is 2.10. The van der Waals surface area contributed by atoms with Gasteiger partial charge >= 0.3 is 0 Å². The Balaban J connectivity index is 1.95. The second-order valence-electron chi connectivity index (χ2n) is 4.96. The smallest absolute Gasteiger partial charge is 0.231 e. The van der Waals surface area contributed by atoms with E-state index in [2.05, 4.69) is 11.9 Å². The van der Waals surface area contributed by atoms with Crippen molar-refractivity contribution in [3.63, 3.8) is 0 Å². The first kappa shape index (κ1) is 10.9. The lowest BCUT2D eigenvalue weighted by Gasteiger charge is -2.36. The van der Waals surface area contributed by atoms with Gasteiger partial charge in [0.05, 0.1) is 12.0 Å². The van der Waals surface area contributed by atoms with Crippen LogP contribution in [-0.4, -0.2) is 62.1 Å². The molecule has 2 fully saturated rings. The number of hydrogen-bond donors (Lipinski definition) is 0. The van der Waals surface area contributed by atoms with Crippen molar-refractivity contribution in [3.05, 3.63) is 0 Å². The maximum atomic E-state index is 12.3. The summed E-state index contributed by atoms with van der Waals surface area (Å²) in [5.74, 6) is 0.285. The number of hydrogen-bond acceptors (Lipinski definition) is 3. The van der Waals surface area contributed by atoms with Crippen LogP contribution in [0.25, 0.3) is 0 Å². The van der Waals surface area contributed by atoms with Crippen molar-refractivity contribution in [2.45, 2.75) is 13.3 Å². The van der Waals surface area contributed by atoms with E-state index in [0.29, 0.717) is 6.61 Å². The van der Waals surface area contributed by atoms with E-state index in [1.165, 1.54) is 0 Å². The predicted molar refractivity (Wildman–Crippen MR) is 57.6 cm³/mol. The molecular weight excluding hydrogens is 192 g/mol. The molecule has 0 N–H and O–H groups in total. The minimum atomic E-state index is -0.254. The monoisotopic (exact) mass is 212 g/mol. The molecule has 0 aliphatic carbocycles. The molecule has 86 valence electrons. The zero-order valence-electron chi connectivity index (χ0n) is 9.66. The molecule has 2 heterocycles. The quantitative estimate of drug-likeness (QED) is 0.622. The summed E-state index contributed by atoms with van der Waals surface area (Å²) in [5.41, 5.74) is -0.254. The molecule has 2 rings (SSSR count). The maximum Gasteiger partial charge on any atom is 0.231 e. The molecule has 2 aliphatic rings. The molecule has 0 aromatic carbocycles. The van der Waals surface area contributed by atoms with Gasteiger partial charge in [-0.1, -0.05) is 0 Å². The zero-order valence-corrected chi connectivity index (χ0v) is 9.66. The minimum absolute atomic E-state index is 0.254. The van der Waals surface area contributed by atoms with Gasteiger partial charge in [0.2, 0.25) is 5.91 Å². The van der Waals surface area contributed by atoms with Gasteiger partial charge in [-0.25, -0.2) is 0 Å². The normalized spacial score (nSPS) is 33.3. The van der Waals surface area contributed by atoms with Gasteiger partial charge in [-0.15, -0.1) is 0 Å². The Labute approximate surface area is 91.2 Å². The average Bonchev–Trinajstić information content (AvgIpc) is 2.67. The Hall–Kier alpha value is -0.610. The molecule has 0 radical (unpaired) electrons. The summed E-state index contributed by atoms with van der Waals surface area (Å²) < 4.78 is 5.34. The third-order valence-electron chi connectivity index (χ3n) is 3.53. The van der Waals surface area contributed by atoms with Crippen molar-refractivity contribution in [2.24, 2.45) is 5.41 Å². The molecule has 1 unspecified atom stereocenters. The van der Waals surface area contributed by atoms with Crippen LogP contribution in [0.3, 0.4) is 0 Å². The van der Waals surface area contributed by atoms with E-state index in [4.69, 9.17) is 4.74 Å². The predicted octanol–water partition coefficient (Wildman–Crippen LogP) is 0.187. The zero-order chi connectivity index (χ0) is 10.9. The van der Waals surface area contributed by atoms with Crippen molar-refractivity contribution in [1.82, 2.24) is 9.80 Å². The summed E-state index contributed by atoms with van der Waals surface area (Å²) in [6.45, 7) is 7.07. The van der Waals surface area contributed by atoms with Gasteiger partial charge in [-0.3, -0.25) is 4.79 Å². The van der Waals surface area contributed by atoms with Gasteiger partial charge in [-0.05, 0) is 20.4 Å². The van der Waals surface area contributed by atoms with Gasteiger partial charge in [0.1, 0.15) is 0 Å². The van der Waals surface area contributed by atoms with E-state index in [1.807, 2.05) is 11.8 Å². The first-order valence-corrected chi connectivity index (χ1v) is 5.67. The first-order valence-electron chi connectivity index (χ1n) is 5.67. The number of carbonyl (C=O) groups excluding carboxylic acids is 1. The molecule has 1 amide bonds. The Bertz CT molecular complexity index is 241. The number of rotatable bonds is 1. The van der Waals surface area contributed by atoms with E-state index < -0.39 is 0 Å². The summed E-state index contributed by atoms with van der Waals surface area (Å²) in [6.07, 6.45) is 0.873. The van der Waals surface area contributed by atoms with Crippen LogP contribution in [0.1, 0.15) is 13.3 Å². The molecule has 0 aromatic heterocycles. The van der Waals surface area contributed by atoms with Gasteiger partial charge < -0.3 is 14.5 Å². The highest BCUT2D eigenvalue weighted by atomic mass is 16.5. The molecule has 0 spiro atoms. The average molecular weight is 212 g/mol. The van der Waals surface area contributed by atoms with Gasteiger partial charge in [0, 0.05) is 32.8 Å². The number of piperazine rings is 1. The van der Waals surface area contributed by atoms with Crippen molar-refractivity contribution in [1.29, 1.82) is 0 Å². The highest BCUT2D eigenvalue weighted by molar-refractivity contribution is 5.82. The number of amides is 1. The Morgan fingerprint density at radius 2 is 1.93 bits per heavy atom. The lowest BCUT2D eigenvalue weighted by Crippen LogP contribution is -2.51. The fourth-order valence-electron chi connectivity index (χ4n) is 2.23. The fourth-order valence-corrected chi connectivity index (χ4v) is 2.23. The molecule has 2 aliphatic heterocycles. The lowest BCUT2D eigenvalue weighted by molar-refractivity contribution is -0.142. The largest absolute Gasteiger partial charge is 0.380 e. The SMILES string of the molecule is CN1CCN(C(=O)C2(C)CCOC2)CC1. The molecule has 4 nitrogen and oxygen atoms in total. The standard InChI is InChI=1S/C11H20N2O2/c1-11(3-8-15-9-11)10(14)13-6-4-12(2)5-7-13/h3-9H2,1-2H3. The lowest BCUT2D eigenvalue weighted by atomic mass is 9.88. The molecule has 0 bridgehead atoms. The number of likely N-dealkylation sites (N-methyl/N-ethyl adjacent to an activating group) is 1.